The van der Waals surface area contributed by atoms with Gasteiger partial charge in [-0.15, -0.1) is 0 Å². The molecule has 0 aromatic heterocycles. The second-order valence-corrected chi connectivity index (χ2v) is 6.37. The molecular formula is C17H25NO. The van der Waals surface area contributed by atoms with Gasteiger partial charge in [-0.2, -0.15) is 0 Å². The number of likely N-dealkylation sites (N-methyl/N-ethyl adjacent to an activating group) is 1. The molecule has 0 saturated carbocycles. The lowest BCUT2D eigenvalue weighted by molar-refractivity contribution is 0.0257. The van der Waals surface area contributed by atoms with E-state index < -0.39 is 0 Å². The number of aromatic hydroxyl groups is 1. The molecule has 2 heteroatoms. The first-order valence-corrected chi connectivity index (χ1v) is 7.65. The van der Waals surface area contributed by atoms with Gasteiger partial charge in [-0.1, -0.05) is 26.3 Å². The Balaban J connectivity index is 2.18. The fraction of sp³-hybridized carbons (Fsp3) is 0.647. The summed E-state index contributed by atoms with van der Waals surface area (Å²) in [5.74, 6) is 1.16. The Kier molecular flexibility index (Phi) is 3.09. The van der Waals surface area contributed by atoms with Gasteiger partial charge in [0.05, 0.1) is 0 Å². The summed E-state index contributed by atoms with van der Waals surface area (Å²) in [5, 5.41) is 9.90. The van der Waals surface area contributed by atoms with Crippen LogP contribution in [-0.4, -0.2) is 29.6 Å². The molecule has 1 N–H and O–H groups in total. The zero-order valence-corrected chi connectivity index (χ0v) is 12.3. The average Bonchev–Trinajstić information content (AvgIpc) is 2.42. The van der Waals surface area contributed by atoms with Crippen molar-refractivity contribution in [2.75, 3.05) is 13.6 Å². The van der Waals surface area contributed by atoms with Crippen molar-refractivity contribution >= 4 is 0 Å². The van der Waals surface area contributed by atoms with Crippen LogP contribution < -0.4 is 0 Å². The van der Waals surface area contributed by atoms with Gasteiger partial charge in [0, 0.05) is 11.5 Å². The van der Waals surface area contributed by atoms with E-state index >= 15 is 0 Å². The Hall–Kier alpha value is -1.02. The van der Waals surface area contributed by atoms with Crippen molar-refractivity contribution in [3.8, 4) is 5.75 Å². The molecule has 1 heterocycles. The van der Waals surface area contributed by atoms with Gasteiger partial charge < -0.3 is 10.0 Å². The maximum absolute atomic E-state index is 9.90. The molecule has 1 aliphatic carbocycles. The summed E-state index contributed by atoms with van der Waals surface area (Å²) in [6.45, 7) is 5.84. The van der Waals surface area contributed by atoms with E-state index in [1.165, 1.54) is 36.9 Å². The Morgan fingerprint density at radius 1 is 1.37 bits per heavy atom. The SMILES string of the molecule is CCC1C2Cc3ccc(O)cc3[C@]1(CC)CCN2C. The van der Waals surface area contributed by atoms with Crippen molar-refractivity contribution in [3.05, 3.63) is 29.3 Å². The first kappa shape index (κ1) is 13.0. The van der Waals surface area contributed by atoms with E-state index in [2.05, 4.69) is 31.9 Å². The number of phenolic OH excluding ortho intramolecular Hbond substituents is 1. The Labute approximate surface area is 116 Å². The number of benzene rings is 1. The van der Waals surface area contributed by atoms with E-state index in [-0.39, 0.29) is 5.41 Å². The summed E-state index contributed by atoms with van der Waals surface area (Å²) in [6.07, 6.45) is 4.79. The molecular weight excluding hydrogens is 234 g/mol. The van der Waals surface area contributed by atoms with Crippen LogP contribution in [0, 0.1) is 5.92 Å². The molecule has 1 aliphatic heterocycles. The highest BCUT2D eigenvalue weighted by Gasteiger charge is 2.50. The molecule has 2 aliphatic rings. The third kappa shape index (κ3) is 1.73. The number of likely N-dealkylation sites (tertiary alicyclic amines) is 1. The fourth-order valence-corrected chi connectivity index (χ4v) is 4.76. The number of phenols is 1. The number of piperidine rings is 1. The minimum atomic E-state index is 0.290. The first-order valence-electron chi connectivity index (χ1n) is 7.65. The maximum atomic E-state index is 9.90. The first-order chi connectivity index (χ1) is 9.12. The molecule has 104 valence electrons. The quantitative estimate of drug-likeness (QED) is 0.880. The van der Waals surface area contributed by atoms with Gasteiger partial charge in [0.1, 0.15) is 5.75 Å². The highest BCUT2D eigenvalue weighted by atomic mass is 16.3. The third-order valence-corrected chi connectivity index (χ3v) is 5.78. The van der Waals surface area contributed by atoms with Gasteiger partial charge in [0.25, 0.3) is 0 Å². The minimum absolute atomic E-state index is 0.290. The molecule has 1 saturated heterocycles. The van der Waals surface area contributed by atoms with E-state index in [1.54, 1.807) is 0 Å². The van der Waals surface area contributed by atoms with Crippen LogP contribution in [0.3, 0.4) is 0 Å². The van der Waals surface area contributed by atoms with Crippen LogP contribution >= 0.6 is 0 Å². The molecule has 3 atom stereocenters. The van der Waals surface area contributed by atoms with Crippen molar-refractivity contribution in [2.45, 2.75) is 51.0 Å². The fourth-order valence-electron chi connectivity index (χ4n) is 4.76. The highest BCUT2D eigenvalue weighted by Crippen LogP contribution is 2.52. The van der Waals surface area contributed by atoms with Crippen LogP contribution in [0.25, 0.3) is 0 Å². The van der Waals surface area contributed by atoms with Crippen molar-refractivity contribution in [1.29, 1.82) is 0 Å². The number of hydrogen-bond donors (Lipinski definition) is 1. The van der Waals surface area contributed by atoms with Crippen LogP contribution in [0.2, 0.25) is 0 Å². The predicted molar refractivity (Wildman–Crippen MR) is 78.6 cm³/mol. The van der Waals surface area contributed by atoms with Gasteiger partial charge in [-0.25, -0.2) is 0 Å². The summed E-state index contributed by atoms with van der Waals surface area (Å²) in [6, 6.07) is 6.72. The third-order valence-electron chi connectivity index (χ3n) is 5.78. The van der Waals surface area contributed by atoms with Crippen molar-refractivity contribution in [2.24, 2.45) is 5.92 Å². The maximum Gasteiger partial charge on any atom is 0.115 e. The summed E-state index contributed by atoms with van der Waals surface area (Å²) in [7, 11) is 2.28. The van der Waals surface area contributed by atoms with E-state index in [1.807, 2.05) is 12.1 Å². The standard InChI is InChI=1S/C17H25NO/c1-4-14-16-10-12-6-7-13(19)11-15(12)17(14,5-2)8-9-18(16)3/h6-7,11,14,16,19H,4-5,8-10H2,1-3H3/t14?,16?,17-/m1/s1. The van der Waals surface area contributed by atoms with Crippen LogP contribution in [0.1, 0.15) is 44.2 Å². The van der Waals surface area contributed by atoms with Crippen LogP contribution in [0.4, 0.5) is 0 Å². The second kappa shape index (κ2) is 4.52. The van der Waals surface area contributed by atoms with Gasteiger partial charge in [-0.05, 0) is 62.0 Å². The molecule has 2 unspecified atom stereocenters. The number of nitrogens with zero attached hydrogens (tertiary/aromatic N) is 1. The molecule has 1 fully saturated rings. The Morgan fingerprint density at radius 3 is 2.84 bits per heavy atom. The normalized spacial score (nSPS) is 34.1. The van der Waals surface area contributed by atoms with Gasteiger partial charge in [-0.3, -0.25) is 0 Å². The molecule has 0 amide bonds. The van der Waals surface area contributed by atoms with Crippen LogP contribution in [-0.2, 0) is 11.8 Å². The molecule has 3 rings (SSSR count). The number of fused-ring (bicyclic) bond motifs is 4. The van der Waals surface area contributed by atoms with Crippen LogP contribution in [0.15, 0.2) is 18.2 Å². The zero-order valence-electron chi connectivity index (χ0n) is 12.3. The monoisotopic (exact) mass is 259 g/mol. The Bertz CT molecular complexity index is 484. The zero-order chi connectivity index (χ0) is 13.6. The summed E-state index contributed by atoms with van der Waals surface area (Å²) >= 11 is 0. The predicted octanol–water partition coefficient (Wildman–Crippen LogP) is 3.33. The molecule has 0 radical (unpaired) electrons. The smallest absolute Gasteiger partial charge is 0.115 e. The summed E-state index contributed by atoms with van der Waals surface area (Å²) in [5.41, 5.74) is 3.19. The van der Waals surface area contributed by atoms with E-state index in [4.69, 9.17) is 0 Å². The van der Waals surface area contributed by atoms with Gasteiger partial charge >= 0.3 is 0 Å². The van der Waals surface area contributed by atoms with E-state index in [0.29, 0.717) is 11.8 Å². The van der Waals surface area contributed by atoms with Crippen molar-refractivity contribution in [3.63, 3.8) is 0 Å². The molecule has 2 nitrogen and oxygen atoms in total. The molecule has 1 aromatic carbocycles. The molecule has 1 aromatic rings. The summed E-state index contributed by atoms with van der Waals surface area (Å²) < 4.78 is 0. The van der Waals surface area contributed by atoms with E-state index in [0.717, 1.165) is 12.3 Å². The minimum Gasteiger partial charge on any atom is -0.508 e. The van der Waals surface area contributed by atoms with Gasteiger partial charge in [0.15, 0.2) is 0 Å². The largest absolute Gasteiger partial charge is 0.508 e. The Morgan fingerprint density at radius 2 is 2.16 bits per heavy atom. The van der Waals surface area contributed by atoms with E-state index in [9.17, 15) is 5.11 Å². The molecule has 0 spiro atoms. The molecule has 2 bridgehead atoms. The van der Waals surface area contributed by atoms with Gasteiger partial charge in [0.2, 0.25) is 0 Å². The van der Waals surface area contributed by atoms with Crippen LogP contribution in [0.5, 0.6) is 5.75 Å². The van der Waals surface area contributed by atoms with Crippen molar-refractivity contribution in [1.82, 2.24) is 4.90 Å². The lowest BCUT2D eigenvalue weighted by Gasteiger charge is -2.56. The number of rotatable bonds is 2. The lowest BCUT2D eigenvalue weighted by atomic mass is 9.55. The van der Waals surface area contributed by atoms with Crippen molar-refractivity contribution < 1.29 is 5.11 Å². The average molecular weight is 259 g/mol. The number of hydrogen-bond acceptors (Lipinski definition) is 2. The highest BCUT2D eigenvalue weighted by molar-refractivity contribution is 5.44. The topological polar surface area (TPSA) is 23.5 Å². The second-order valence-electron chi connectivity index (χ2n) is 6.37. The summed E-state index contributed by atoms with van der Waals surface area (Å²) in [4.78, 5) is 2.55. The molecule has 19 heavy (non-hydrogen) atoms. The lowest BCUT2D eigenvalue weighted by Crippen LogP contribution is -2.58.